The first-order valence-electron chi connectivity index (χ1n) is 10.5. The highest BCUT2D eigenvalue weighted by molar-refractivity contribution is 5.94. The number of esters is 3. The number of ether oxygens (including phenoxy) is 3. The average molecular weight is 442 g/mol. The second-order valence-electron chi connectivity index (χ2n) is 6.73. The summed E-state index contributed by atoms with van der Waals surface area (Å²) in [7, 11) is 2.38. The summed E-state index contributed by atoms with van der Waals surface area (Å²) in [5, 5.41) is 10.0. The van der Waals surface area contributed by atoms with Crippen molar-refractivity contribution < 1.29 is 28.6 Å². The molecule has 0 radical (unpaired) electrons. The molecule has 0 saturated heterocycles. The Kier molecular flexibility index (Phi) is 14.5. The number of nitriles is 1. The maximum Gasteiger partial charge on any atom is 0.334 e. The van der Waals surface area contributed by atoms with E-state index in [9.17, 15) is 19.6 Å². The van der Waals surface area contributed by atoms with Gasteiger partial charge in [-0.15, -0.1) is 0 Å². The number of methoxy groups -OCH3 is 2. The summed E-state index contributed by atoms with van der Waals surface area (Å²) in [6.07, 6.45) is 4.87. The summed E-state index contributed by atoms with van der Waals surface area (Å²) in [6, 6.07) is 1.95. The first-order valence-corrected chi connectivity index (χ1v) is 10.5. The van der Waals surface area contributed by atoms with Gasteiger partial charge in [-0.05, 0) is 31.9 Å². The molecule has 172 valence electrons. The van der Waals surface area contributed by atoms with E-state index in [0.29, 0.717) is 12.8 Å². The summed E-state index contributed by atoms with van der Waals surface area (Å²) in [4.78, 5) is 37.5. The SMILES string of the molecule is CCCC#C/C=C(\CC(C#N)(C/C(=C\C#CCCC)C(=O)OC)C(=O)OCC)C(=O)OC. The van der Waals surface area contributed by atoms with Gasteiger partial charge in [0.15, 0.2) is 5.41 Å². The Bertz CT molecular complexity index is 827. The van der Waals surface area contributed by atoms with E-state index in [2.05, 4.69) is 23.7 Å². The molecule has 0 atom stereocenters. The lowest BCUT2D eigenvalue weighted by Gasteiger charge is -2.25. The molecule has 0 aliphatic heterocycles. The number of carbonyl (C=O) groups is 3. The van der Waals surface area contributed by atoms with Gasteiger partial charge in [0.25, 0.3) is 0 Å². The smallest absolute Gasteiger partial charge is 0.334 e. The van der Waals surface area contributed by atoms with E-state index in [-0.39, 0.29) is 30.6 Å². The Morgan fingerprint density at radius 2 is 1.28 bits per heavy atom. The molecule has 0 amide bonds. The van der Waals surface area contributed by atoms with E-state index in [1.54, 1.807) is 6.92 Å². The Labute approximate surface area is 190 Å². The minimum atomic E-state index is -1.88. The highest BCUT2D eigenvalue weighted by Crippen LogP contribution is 2.35. The molecule has 0 saturated carbocycles. The minimum absolute atomic E-state index is 0.0173. The molecule has 7 nitrogen and oxygen atoms in total. The topological polar surface area (TPSA) is 103 Å². The van der Waals surface area contributed by atoms with Gasteiger partial charge in [0.1, 0.15) is 0 Å². The third-order valence-corrected chi connectivity index (χ3v) is 4.21. The molecule has 0 spiro atoms. The van der Waals surface area contributed by atoms with E-state index >= 15 is 0 Å². The molecular formula is C25H31NO6. The van der Waals surface area contributed by atoms with Crippen LogP contribution < -0.4 is 0 Å². The number of hydrogen-bond donors (Lipinski definition) is 0. The van der Waals surface area contributed by atoms with Crippen LogP contribution in [0.4, 0.5) is 0 Å². The molecule has 0 aliphatic carbocycles. The van der Waals surface area contributed by atoms with Gasteiger partial charge in [0, 0.05) is 36.8 Å². The largest absolute Gasteiger partial charge is 0.466 e. The van der Waals surface area contributed by atoms with Gasteiger partial charge in [0.05, 0.1) is 26.9 Å². The summed E-state index contributed by atoms with van der Waals surface area (Å²) in [5.41, 5.74) is -1.84. The fraction of sp³-hybridized carbons (Fsp3) is 0.520. The quantitative estimate of drug-likeness (QED) is 0.221. The Balaban J connectivity index is 6.44. The monoisotopic (exact) mass is 441 g/mol. The van der Waals surface area contributed by atoms with Crippen LogP contribution in [0.5, 0.6) is 0 Å². The van der Waals surface area contributed by atoms with Crippen molar-refractivity contribution in [3.05, 3.63) is 23.3 Å². The zero-order valence-electron chi connectivity index (χ0n) is 19.5. The molecule has 0 unspecified atom stereocenters. The summed E-state index contributed by atoms with van der Waals surface area (Å²) >= 11 is 0. The van der Waals surface area contributed by atoms with Crippen molar-refractivity contribution in [1.82, 2.24) is 0 Å². The lowest BCUT2D eigenvalue weighted by molar-refractivity contribution is -0.152. The number of hydrogen-bond acceptors (Lipinski definition) is 7. The van der Waals surface area contributed by atoms with E-state index < -0.39 is 23.3 Å². The Morgan fingerprint density at radius 1 is 0.844 bits per heavy atom. The van der Waals surface area contributed by atoms with Crippen LogP contribution in [0.2, 0.25) is 0 Å². The van der Waals surface area contributed by atoms with Crippen molar-refractivity contribution in [2.75, 3.05) is 20.8 Å². The zero-order valence-corrected chi connectivity index (χ0v) is 19.5. The molecule has 0 aromatic heterocycles. The van der Waals surface area contributed by atoms with Crippen LogP contribution in [0.3, 0.4) is 0 Å². The highest BCUT2D eigenvalue weighted by atomic mass is 16.5. The van der Waals surface area contributed by atoms with Crippen LogP contribution >= 0.6 is 0 Å². The standard InChI is InChI=1S/C25H31NO6/c1-6-9-11-13-15-20(22(27)30-4)17-25(19-26,24(29)32-8-3)18-21(23(28)31-5)16-14-12-10-7-2/h15-16H,6-10,17-18H2,1-5H3/b20-15+,21-16+. The summed E-state index contributed by atoms with van der Waals surface area (Å²) in [5.74, 6) is 8.92. The molecule has 0 heterocycles. The number of unbranched alkanes of at least 4 members (excludes halogenated alkanes) is 2. The molecule has 7 heteroatoms. The number of allylic oxidation sites excluding steroid dienone is 2. The molecule has 0 aromatic rings. The predicted molar refractivity (Wildman–Crippen MR) is 119 cm³/mol. The van der Waals surface area contributed by atoms with Crippen molar-refractivity contribution in [3.8, 4) is 29.8 Å². The fourth-order valence-electron chi connectivity index (χ4n) is 2.55. The Morgan fingerprint density at radius 3 is 1.59 bits per heavy atom. The molecule has 0 bridgehead atoms. The van der Waals surface area contributed by atoms with Gasteiger partial charge in [0.2, 0.25) is 0 Å². The normalized spacial score (nSPS) is 11.1. The molecule has 0 fully saturated rings. The fourth-order valence-corrected chi connectivity index (χ4v) is 2.55. The van der Waals surface area contributed by atoms with Crippen molar-refractivity contribution >= 4 is 17.9 Å². The van der Waals surface area contributed by atoms with E-state index in [4.69, 9.17) is 14.2 Å². The minimum Gasteiger partial charge on any atom is -0.466 e. The first kappa shape index (κ1) is 28.5. The van der Waals surface area contributed by atoms with Crippen LogP contribution in [-0.2, 0) is 28.6 Å². The van der Waals surface area contributed by atoms with Gasteiger partial charge in [-0.3, -0.25) is 4.79 Å². The summed E-state index contributed by atoms with van der Waals surface area (Å²) < 4.78 is 14.7. The highest BCUT2D eigenvalue weighted by Gasteiger charge is 2.44. The third kappa shape index (κ3) is 9.54. The number of carbonyl (C=O) groups excluding carboxylic acids is 3. The van der Waals surface area contributed by atoms with Crippen LogP contribution in [0.15, 0.2) is 23.3 Å². The average Bonchev–Trinajstić information content (AvgIpc) is 2.81. The second-order valence-corrected chi connectivity index (χ2v) is 6.73. The lowest BCUT2D eigenvalue weighted by Crippen LogP contribution is -2.35. The van der Waals surface area contributed by atoms with Crippen molar-refractivity contribution in [1.29, 1.82) is 5.26 Å². The van der Waals surface area contributed by atoms with Gasteiger partial charge in [-0.25, -0.2) is 9.59 Å². The van der Waals surface area contributed by atoms with Crippen molar-refractivity contribution in [3.63, 3.8) is 0 Å². The predicted octanol–water partition coefficient (Wildman–Crippen LogP) is 3.65. The molecule has 0 N–H and O–H groups in total. The van der Waals surface area contributed by atoms with Crippen LogP contribution in [-0.4, -0.2) is 38.7 Å². The Hall–Kier alpha value is -3.50. The lowest BCUT2D eigenvalue weighted by atomic mass is 9.77. The van der Waals surface area contributed by atoms with Crippen molar-refractivity contribution in [2.45, 2.75) is 59.3 Å². The van der Waals surface area contributed by atoms with Crippen LogP contribution in [0.25, 0.3) is 0 Å². The van der Waals surface area contributed by atoms with Gasteiger partial charge in [-0.2, -0.15) is 5.26 Å². The van der Waals surface area contributed by atoms with Crippen molar-refractivity contribution in [2.24, 2.45) is 5.41 Å². The maximum atomic E-state index is 12.9. The zero-order chi connectivity index (χ0) is 24.4. The maximum absolute atomic E-state index is 12.9. The molecule has 32 heavy (non-hydrogen) atoms. The van der Waals surface area contributed by atoms with Crippen LogP contribution in [0, 0.1) is 40.4 Å². The summed E-state index contributed by atoms with van der Waals surface area (Å²) in [6.45, 7) is 5.54. The van der Waals surface area contributed by atoms with Gasteiger partial charge >= 0.3 is 17.9 Å². The van der Waals surface area contributed by atoms with E-state index in [1.807, 2.05) is 19.9 Å². The number of nitrogens with zero attached hydrogens (tertiary/aromatic N) is 1. The van der Waals surface area contributed by atoms with E-state index in [1.165, 1.54) is 26.4 Å². The third-order valence-electron chi connectivity index (χ3n) is 4.21. The molecule has 0 aliphatic rings. The van der Waals surface area contributed by atoms with E-state index in [0.717, 1.165) is 12.8 Å². The van der Waals surface area contributed by atoms with Gasteiger partial charge in [-0.1, -0.05) is 37.5 Å². The molecular weight excluding hydrogens is 410 g/mol. The molecule has 0 rings (SSSR count). The molecule has 0 aromatic carbocycles. The second kappa shape index (κ2) is 16.2. The first-order chi connectivity index (χ1) is 15.3. The van der Waals surface area contributed by atoms with Gasteiger partial charge < -0.3 is 14.2 Å². The van der Waals surface area contributed by atoms with Crippen LogP contribution in [0.1, 0.15) is 59.3 Å². The number of rotatable bonds is 10.